The third kappa shape index (κ3) is 4.99. The fraction of sp³-hybridized carbons (Fsp3) is 0.583. The second-order valence-electron chi connectivity index (χ2n) is 3.60. The van der Waals surface area contributed by atoms with E-state index < -0.39 is 56.9 Å². The second kappa shape index (κ2) is 6.77. The highest BCUT2D eigenvalue weighted by Crippen LogP contribution is 2.19. The molecule has 0 bridgehead atoms. The molecular formula is C12H16O7. The molecule has 7 heteroatoms. The number of rotatable bonds is 4. The van der Waals surface area contributed by atoms with Gasteiger partial charge in [0.15, 0.2) is 18.3 Å². The van der Waals surface area contributed by atoms with Gasteiger partial charge in [-0.1, -0.05) is 0 Å². The van der Waals surface area contributed by atoms with Crippen molar-refractivity contribution in [3.63, 3.8) is 0 Å². The largest absolute Gasteiger partial charge is 0.491 e. The number of ether oxygens (including phenoxy) is 4. The summed E-state index contributed by atoms with van der Waals surface area (Å²) >= 11 is 0. The molecule has 1 aliphatic heterocycles. The van der Waals surface area contributed by atoms with Crippen LogP contribution in [0.1, 0.15) is 24.8 Å². The Hall–Kier alpha value is -2.05. The van der Waals surface area contributed by atoms with Crippen LogP contribution >= 0.6 is 0 Å². The molecule has 106 valence electrons. The Balaban J connectivity index is 2.79. The van der Waals surface area contributed by atoms with Crippen LogP contribution in [0.2, 0.25) is 0 Å². The third-order valence-corrected chi connectivity index (χ3v) is 2.16. The summed E-state index contributed by atoms with van der Waals surface area (Å²) in [4.78, 5) is 33.6. The van der Waals surface area contributed by atoms with E-state index >= 15 is 0 Å². The van der Waals surface area contributed by atoms with E-state index in [0.717, 1.165) is 0 Å². The standard InChI is InChI=1S/C12H16O7/c1-7(13)17-6-11-12(19-9(3)15)10(4-5-16-11)18-8(2)14/h4-5,10-12H,6H2,1-3H3/t10-,11-,12-/m1/s1/i1D,2D,3D. The van der Waals surface area contributed by atoms with Crippen molar-refractivity contribution < 1.29 is 37.4 Å². The summed E-state index contributed by atoms with van der Waals surface area (Å²) in [5, 5.41) is 0. The Bertz CT molecular complexity index is 440. The lowest BCUT2D eigenvalue weighted by molar-refractivity contribution is -0.178. The molecule has 3 atom stereocenters. The lowest BCUT2D eigenvalue weighted by atomic mass is 10.1. The Morgan fingerprint density at radius 2 is 1.84 bits per heavy atom. The minimum absolute atomic E-state index is 0.313. The fourth-order valence-corrected chi connectivity index (χ4v) is 1.48. The van der Waals surface area contributed by atoms with Gasteiger partial charge in [-0.15, -0.1) is 0 Å². The third-order valence-electron chi connectivity index (χ3n) is 2.16. The minimum atomic E-state index is -1.11. The van der Waals surface area contributed by atoms with Gasteiger partial charge in [-0.05, 0) is 6.08 Å². The first-order valence-corrected chi connectivity index (χ1v) is 5.26. The van der Waals surface area contributed by atoms with Crippen LogP contribution in [0.3, 0.4) is 0 Å². The molecule has 0 N–H and O–H groups in total. The maximum atomic E-state index is 11.3. The van der Waals surface area contributed by atoms with E-state index in [2.05, 4.69) is 0 Å². The minimum Gasteiger partial charge on any atom is -0.491 e. The summed E-state index contributed by atoms with van der Waals surface area (Å²) in [5.41, 5.74) is 0. The maximum absolute atomic E-state index is 11.3. The molecule has 0 amide bonds. The summed E-state index contributed by atoms with van der Waals surface area (Å²) in [7, 11) is 0. The molecule has 0 unspecified atom stereocenters. The molecule has 0 aliphatic carbocycles. The Labute approximate surface area is 114 Å². The van der Waals surface area contributed by atoms with Gasteiger partial charge >= 0.3 is 17.9 Å². The Kier molecular flexibility index (Phi) is 3.86. The van der Waals surface area contributed by atoms with Gasteiger partial charge in [0.05, 0.1) is 6.26 Å². The van der Waals surface area contributed by atoms with E-state index in [0.29, 0.717) is 0 Å². The van der Waals surface area contributed by atoms with Crippen LogP contribution in [0.5, 0.6) is 0 Å². The van der Waals surface area contributed by atoms with E-state index in [1.807, 2.05) is 0 Å². The summed E-state index contributed by atoms with van der Waals surface area (Å²) in [6.07, 6.45) is -0.553. The number of carbonyl (C=O) groups excluding carboxylic acids is 3. The van der Waals surface area contributed by atoms with E-state index in [9.17, 15) is 14.4 Å². The van der Waals surface area contributed by atoms with E-state index in [1.165, 1.54) is 12.3 Å². The molecule has 0 aromatic heterocycles. The summed E-state index contributed by atoms with van der Waals surface area (Å²) in [5.74, 6) is -2.48. The van der Waals surface area contributed by atoms with Crippen LogP contribution in [0, 0.1) is 0 Å². The van der Waals surface area contributed by atoms with Crippen molar-refractivity contribution in [2.24, 2.45) is 0 Å². The molecule has 0 saturated carbocycles. The van der Waals surface area contributed by atoms with Gasteiger partial charge in [0.25, 0.3) is 0 Å². The fourth-order valence-electron chi connectivity index (χ4n) is 1.48. The van der Waals surface area contributed by atoms with Crippen LogP contribution < -0.4 is 0 Å². The summed E-state index contributed by atoms with van der Waals surface area (Å²) in [6.45, 7) is -2.13. The molecule has 1 heterocycles. The quantitative estimate of drug-likeness (QED) is 0.539. The highest BCUT2D eigenvalue weighted by atomic mass is 16.6. The van der Waals surface area contributed by atoms with Crippen molar-refractivity contribution in [2.45, 2.75) is 39.0 Å². The smallest absolute Gasteiger partial charge is 0.303 e. The SMILES string of the molecule is [2H]CC(=O)OC[C@H]1OC=C[C@@H](OC(=O)C[2H])[C@H]1OC(=O)C[2H]. The number of hydrogen-bond donors (Lipinski definition) is 0. The van der Waals surface area contributed by atoms with Crippen molar-refractivity contribution in [2.75, 3.05) is 6.61 Å². The van der Waals surface area contributed by atoms with Crippen LogP contribution in [0.15, 0.2) is 12.3 Å². The first-order chi connectivity index (χ1) is 10.5. The molecule has 19 heavy (non-hydrogen) atoms. The first-order valence-electron chi connectivity index (χ1n) is 7.38. The number of hydrogen-bond acceptors (Lipinski definition) is 7. The van der Waals surface area contributed by atoms with E-state index in [-0.39, 0.29) is 6.61 Å². The molecular weight excluding hydrogens is 256 g/mol. The predicted octanol–water partition coefficient (Wildman–Crippen LogP) is 0.325. The number of carbonyl (C=O) groups is 3. The average Bonchev–Trinajstić information content (AvgIpc) is 2.54. The van der Waals surface area contributed by atoms with Gasteiger partial charge in [-0.2, -0.15) is 0 Å². The van der Waals surface area contributed by atoms with Crippen molar-refractivity contribution in [1.29, 1.82) is 0 Å². The van der Waals surface area contributed by atoms with Crippen LogP contribution in [-0.2, 0) is 33.3 Å². The zero-order chi connectivity index (χ0) is 16.5. The zero-order valence-electron chi connectivity index (χ0n) is 13.1. The second-order valence-corrected chi connectivity index (χ2v) is 3.60. The van der Waals surface area contributed by atoms with E-state index in [4.69, 9.17) is 23.1 Å². The zero-order valence-corrected chi connectivity index (χ0v) is 10.1. The van der Waals surface area contributed by atoms with Crippen molar-refractivity contribution >= 4 is 17.9 Å². The van der Waals surface area contributed by atoms with Crippen molar-refractivity contribution in [1.82, 2.24) is 0 Å². The van der Waals surface area contributed by atoms with Gasteiger partial charge in [0, 0.05) is 24.8 Å². The van der Waals surface area contributed by atoms with Crippen LogP contribution in [0.4, 0.5) is 0 Å². The maximum Gasteiger partial charge on any atom is 0.303 e. The molecule has 0 fully saturated rings. The Morgan fingerprint density at radius 3 is 2.53 bits per heavy atom. The summed E-state index contributed by atoms with van der Waals surface area (Å²) < 4.78 is 40.6. The van der Waals surface area contributed by atoms with Gasteiger partial charge < -0.3 is 18.9 Å². The molecule has 0 radical (unpaired) electrons. The molecule has 1 aliphatic rings. The lowest BCUT2D eigenvalue weighted by Gasteiger charge is -2.32. The molecule has 0 aromatic carbocycles. The Morgan fingerprint density at radius 1 is 1.16 bits per heavy atom. The van der Waals surface area contributed by atoms with Crippen molar-refractivity contribution in [3.05, 3.63) is 12.3 Å². The van der Waals surface area contributed by atoms with Crippen LogP contribution in [-0.4, -0.2) is 42.8 Å². The van der Waals surface area contributed by atoms with Gasteiger partial charge in [0.2, 0.25) is 0 Å². The van der Waals surface area contributed by atoms with Gasteiger partial charge in [-0.3, -0.25) is 14.4 Å². The van der Waals surface area contributed by atoms with Gasteiger partial charge in [-0.25, -0.2) is 0 Å². The van der Waals surface area contributed by atoms with Crippen molar-refractivity contribution in [3.8, 4) is 0 Å². The lowest BCUT2D eigenvalue weighted by Crippen LogP contribution is -2.47. The highest BCUT2D eigenvalue weighted by molar-refractivity contribution is 5.68. The number of esters is 3. The average molecular weight is 275 g/mol. The monoisotopic (exact) mass is 275 g/mol. The predicted molar refractivity (Wildman–Crippen MR) is 61.8 cm³/mol. The topological polar surface area (TPSA) is 88.1 Å². The molecule has 1 rings (SSSR count). The molecule has 0 aromatic rings. The molecule has 0 spiro atoms. The van der Waals surface area contributed by atoms with Gasteiger partial charge in [0.1, 0.15) is 6.61 Å². The molecule has 0 saturated heterocycles. The summed E-state index contributed by atoms with van der Waals surface area (Å²) in [6, 6.07) is 0. The first kappa shape index (κ1) is 10.8. The molecule has 7 nitrogen and oxygen atoms in total. The highest BCUT2D eigenvalue weighted by Gasteiger charge is 2.37. The normalized spacial score (nSPS) is 27.2. The van der Waals surface area contributed by atoms with Crippen LogP contribution in [0.25, 0.3) is 0 Å². The van der Waals surface area contributed by atoms with E-state index in [1.54, 1.807) is 0 Å².